The highest BCUT2D eigenvalue weighted by atomic mass is 32.2. The zero-order chi connectivity index (χ0) is 21.9. The van der Waals surface area contributed by atoms with Gasteiger partial charge < -0.3 is 9.30 Å². The second kappa shape index (κ2) is 8.88. The first-order valence-corrected chi connectivity index (χ1v) is 11.6. The van der Waals surface area contributed by atoms with Crippen molar-refractivity contribution in [2.45, 2.75) is 25.3 Å². The third kappa shape index (κ3) is 4.49. The Kier molecular flexibility index (Phi) is 6.47. The number of amides is 1. The van der Waals surface area contributed by atoms with Crippen molar-refractivity contribution in [2.75, 3.05) is 12.4 Å². The molecule has 30 heavy (non-hydrogen) atoms. The molecule has 0 fully saturated rings. The number of nitrogens with zero attached hydrogens (tertiary/aromatic N) is 2. The van der Waals surface area contributed by atoms with Crippen LogP contribution in [0.3, 0.4) is 0 Å². The molecule has 1 heterocycles. The number of fused-ring (bicyclic) bond motifs is 1. The molecule has 0 aliphatic carbocycles. The van der Waals surface area contributed by atoms with Crippen LogP contribution in [0, 0.1) is 5.82 Å². The molecule has 0 aliphatic rings. The van der Waals surface area contributed by atoms with E-state index in [2.05, 4.69) is 4.99 Å². The molecule has 3 rings (SSSR count). The van der Waals surface area contributed by atoms with E-state index in [1.54, 1.807) is 13.0 Å². The average molecular weight is 451 g/mol. The van der Waals surface area contributed by atoms with Crippen LogP contribution in [0.25, 0.3) is 10.2 Å². The molecule has 0 saturated heterocycles. The molecule has 2 aromatic carbocycles. The molecule has 1 aromatic heterocycles. The first kappa shape index (κ1) is 21.8. The number of hydrogen-bond donors (Lipinski definition) is 0. The van der Waals surface area contributed by atoms with Gasteiger partial charge in [-0.05, 0) is 37.3 Å². The first-order chi connectivity index (χ1) is 14.3. The Balaban J connectivity index is 2.17. The lowest BCUT2D eigenvalue weighted by molar-refractivity contribution is -0.143. The fraction of sp³-hybridized carbons (Fsp3) is 0.250. The molecule has 3 aromatic rings. The lowest BCUT2D eigenvalue weighted by atomic mass is 10.2. The Morgan fingerprint density at radius 1 is 1.17 bits per heavy atom. The van der Waals surface area contributed by atoms with E-state index in [0.29, 0.717) is 10.2 Å². The zero-order valence-electron chi connectivity index (χ0n) is 16.3. The summed E-state index contributed by atoms with van der Waals surface area (Å²) < 4.78 is 45.2. The molecule has 7 nitrogen and oxygen atoms in total. The molecule has 158 valence electrons. The lowest BCUT2D eigenvalue weighted by Crippen LogP contribution is -2.23. The highest BCUT2D eigenvalue weighted by molar-refractivity contribution is 7.91. The largest absolute Gasteiger partial charge is 0.465 e. The fourth-order valence-electron chi connectivity index (χ4n) is 2.84. The maximum absolute atomic E-state index is 13.7. The van der Waals surface area contributed by atoms with Crippen LogP contribution in [0.5, 0.6) is 0 Å². The third-order valence-corrected chi connectivity index (χ3v) is 7.09. The van der Waals surface area contributed by atoms with Crippen LogP contribution in [-0.2, 0) is 25.9 Å². The summed E-state index contributed by atoms with van der Waals surface area (Å²) in [7, 11) is -3.64. The highest BCUT2D eigenvalue weighted by Crippen LogP contribution is 2.20. The summed E-state index contributed by atoms with van der Waals surface area (Å²) in [6, 6.07) is 9.82. The van der Waals surface area contributed by atoms with Crippen LogP contribution < -0.4 is 4.80 Å². The van der Waals surface area contributed by atoms with Crippen molar-refractivity contribution in [1.29, 1.82) is 0 Å². The van der Waals surface area contributed by atoms with Gasteiger partial charge in [0.1, 0.15) is 12.4 Å². The van der Waals surface area contributed by atoms with Crippen molar-refractivity contribution < 1.29 is 27.1 Å². The predicted octanol–water partition coefficient (Wildman–Crippen LogP) is 2.94. The van der Waals surface area contributed by atoms with E-state index in [4.69, 9.17) is 4.74 Å². The molecular weight excluding hydrogens is 431 g/mol. The Hall–Kier alpha value is -2.85. The fourth-order valence-corrected chi connectivity index (χ4v) is 4.98. The molecular formula is C20H19FN2O5S2. The summed E-state index contributed by atoms with van der Waals surface area (Å²) in [5.74, 6) is -1.94. The number of ether oxygens (including phenoxy) is 1. The second-order valence-electron chi connectivity index (χ2n) is 6.20. The molecule has 0 unspecified atom stereocenters. The number of benzene rings is 2. The molecule has 0 atom stereocenters. The van der Waals surface area contributed by atoms with Crippen molar-refractivity contribution >= 4 is 43.3 Å². The zero-order valence-corrected chi connectivity index (χ0v) is 17.9. The van der Waals surface area contributed by atoms with Gasteiger partial charge in [0.05, 0.1) is 33.0 Å². The minimum absolute atomic E-state index is 0.0642. The number of thiazole rings is 1. The number of carbonyl (C=O) groups is 2. The summed E-state index contributed by atoms with van der Waals surface area (Å²) >= 11 is 1.02. The van der Waals surface area contributed by atoms with Crippen LogP contribution in [0.15, 0.2) is 52.4 Å². The van der Waals surface area contributed by atoms with Gasteiger partial charge >= 0.3 is 5.97 Å². The topological polar surface area (TPSA) is 94.8 Å². The number of hydrogen-bond acceptors (Lipinski definition) is 6. The van der Waals surface area contributed by atoms with Gasteiger partial charge in [-0.3, -0.25) is 9.59 Å². The number of esters is 1. The van der Waals surface area contributed by atoms with Crippen LogP contribution in [0.1, 0.15) is 24.2 Å². The van der Waals surface area contributed by atoms with E-state index in [1.807, 2.05) is 0 Å². The lowest BCUT2D eigenvalue weighted by Gasteiger charge is -2.07. The Bertz CT molecular complexity index is 1290. The maximum Gasteiger partial charge on any atom is 0.326 e. The standard InChI is InChI=1S/C20H19FN2O5S2/c1-3-28-18(24)12-23-15-10-9-13(21)11-16(15)29-20(23)22-19(25)14-7-5-6-8-17(14)30(26,27)4-2/h5-11H,3-4,12H2,1-2H3. The van der Waals surface area contributed by atoms with Crippen LogP contribution >= 0.6 is 11.3 Å². The normalized spacial score (nSPS) is 12.3. The highest BCUT2D eigenvalue weighted by Gasteiger charge is 2.21. The minimum atomic E-state index is -3.64. The number of carbonyl (C=O) groups excluding carboxylic acids is 2. The van der Waals surface area contributed by atoms with Gasteiger partial charge in [-0.1, -0.05) is 30.4 Å². The van der Waals surface area contributed by atoms with Crippen molar-refractivity contribution in [1.82, 2.24) is 4.57 Å². The van der Waals surface area contributed by atoms with Gasteiger partial charge in [-0.15, -0.1) is 0 Å². The van der Waals surface area contributed by atoms with Crippen molar-refractivity contribution in [3.05, 3.63) is 58.6 Å². The first-order valence-electron chi connectivity index (χ1n) is 9.12. The maximum atomic E-state index is 13.7. The van der Waals surface area contributed by atoms with E-state index in [0.717, 1.165) is 11.3 Å². The van der Waals surface area contributed by atoms with Gasteiger partial charge in [0.25, 0.3) is 5.91 Å². The molecule has 0 aliphatic heterocycles. The monoisotopic (exact) mass is 450 g/mol. The number of rotatable bonds is 6. The Morgan fingerprint density at radius 2 is 1.90 bits per heavy atom. The predicted molar refractivity (Wildman–Crippen MR) is 110 cm³/mol. The smallest absolute Gasteiger partial charge is 0.326 e. The number of sulfone groups is 1. The van der Waals surface area contributed by atoms with E-state index in [9.17, 15) is 22.4 Å². The summed E-state index contributed by atoms with van der Waals surface area (Å²) in [5, 5.41) is 0. The van der Waals surface area contributed by atoms with E-state index in [1.165, 1.54) is 47.9 Å². The van der Waals surface area contributed by atoms with E-state index in [-0.39, 0.29) is 34.2 Å². The number of halogens is 1. The minimum Gasteiger partial charge on any atom is -0.465 e. The third-order valence-electron chi connectivity index (χ3n) is 4.27. The molecule has 0 saturated carbocycles. The SMILES string of the molecule is CCOC(=O)Cn1c(=NC(=O)c2ccccc2S(=O)(=O)CC)sc2cc(F)ccc21. The van der Waals surface area contributed by atoms with Crippen molar-refractivity contribution in [3.63, 3.8) is 0 Å². The van der Waals surface area contributed by atoms with Gasteiger partial charge in [-0.25, -0.2) is 12.8 Å². The molecule has 10 heteroatoms. The van der Waals surface area contributed by atoms with E-state index < -0.39 is 27.5 Å². The number of aromatic nitrogens is 1. The van der Waals surface area contributed by atoms with Gasteiger partial charge in [-0.2, -0.15) is 4.99 Å². The van der Waals surface area contributed by atoms with Gasteiger partial charge in [0, 0.05) is 0 Å². The van der Waals surface area contributed by atoms with Gasteiger partial charge in [0.2, 0.25) is 0 Å². The summed E-state index contributed by atoms with van der Waals surface area (Å²) in [6.07, 6.45) is 0. The molecule has 0 spiro atoms. The average Bonchev–Trinajstić information content (AvgIpc) is 3.04. The molecule has 1 amide bonds. The molecule has 0 radical (unpaired) electrons. The van der Waals surface area contributed by atoms with E-state index >= 15 is 0 Å². The Morgan fingerprint density at radius 3 is 2.60 bits per heavy atom. The molecule has 0 bridgehead atoms. The summed E-state index contributed by atoms with van der Waals surface area (Å²) in [6.45, 7) is 3.12. The summed E-state index contributed by atoms with van der Waals surface area (Å²) in [5.41, 5.74) is 0.445. The molecule has 0 N–H and O–H groups in total. The van der Waals surface area contributed by atoms with Crippen LogP contribution in [-0.4, -0.2) is 37.2 Å². The Labute approximate surface area is 176 Å². The van der Waals surface area contributed by atoms with Gasteiger partial charge in [0.15, 0.2) is 14.6 Å². The van der Waals surface area contributed by atoms with Crippen LogP contribution in [0.4, 0.5) is 4.39 Å². The van der Waals surface area contributed by atoms with Crippen molar-refractivity contribution in [3.8, 4) is 0 Å². The second-order valence-corrected chi connectivity index (χ2v) is 9.46. The quantitative estimate of drug-likeness (QED) is 0.538. The van der Waals surface area contributed by atoms with Crippen molar-refractivity contribution in [2.24, 2.45) is 4.99 Å². The summed E-state index contributed by atoms with van der Waals surface area (Å²) in [4.78, 5) is 29.0. The van der Waals surface area contributed by atoms with Crippen LogP contribution in [0.2, 0.25) is 0 Å².